The second-order valence-corrected chi connectivity index (χ2v) is 7.12. The highest BCUT2D eigenvalue weighted by atomic mass is 16.5. The molecule has 25 heavy (non-hydrogen) atoms. The van der Waals surface area contributed by atoms with Crippen molar-refractivity contribution in [3.05, 3.63) is 48.3 Å². The first kappa shape index (κ1) is 18.2. The van der Waals surface area contributed by atoms with Crippen molar-refractivity contribution in [2.24, 2.45) is 0 Å². The zero-order valence-electron chi connectivity index (χ0n) is 15.1. The van der Waals surface area contributed by atoms with Gasteiger partial charge in [-0.3, -0.25) is 4.90 Å². The molecule has 1 fully saturated rings. The van der Waals surface area contributed by atoms with Gasteiger partial charge in [0.2, 0.25) is 0 Å². The third-order valence-corrected chi connectivity index (χ3v) is 5.73. The minimum Gasteiger partial charge on any atom is -0.466 e. The molecule has 1 atom stereocenters. The molecule has 138 valence electrons. The average molecular weight is 346 g/mol. The van der Waals surface area contributed by atoms with Crippen LogP contribution in [0.15, 0.2) is 48.3 Å². The second-order valence-electron chi connectivity index (χ2n) is 7.12. The van der Waals surface area contributed by atoms with Gasteiger partial charge in [-0.15, -0.1) is 0 Å². The summed E-state index contributed by atoms with van der Waals surface area (Å²) in [7, 11) is 2.17. The van der Waals surface area contributed by atoms with E-state index in [0.717, 1.165) is 57.4 Å². The normalized spacial score (nSPS) is 23.5. The van der Waals surface area contributed by atoms with Crippen LogP contribution in [0, 0.1) is 0 Å². The van der Waals surface area contributed by atoms with Gasteiger partial charge in [0.05, 0.1) is 6.04 Å². The first-order chi connectivity index (χ1) is 12.2. The molecule has 0 aromatic heterocycles. The summed E-state index contributed by atoms with van der Waals surface area (Å²) in [5.41, 5.74) is 1.42. The second kappa shape index (κ2) is 8.70. The highest BCUT2D eigenvalue weighted by molar-refractivity contribution is 5.22. The number of nitrogens with one attached hydrogen (secondary N) is 1. The van der Waals surface area contributed by atoms with Gasteiger partial charge in [0.1, 0.15) is 18.8 Å². The van der Waals surface area contributed by atoms with E-state index in [1.165, 1.54) is 5.57 Å². The number of piperidine rings is 1. The van der Waals surface area contributed by atoms with Crippen LogP contribution in [-0.2, 0) is 9.47 Å². The fourth-order valence-electron chi connectivity index (χ4n) is 4.14. The summed E-state index contributed by atoms with van der Waals surface area (Å²) in [6, 6.07) is 0.104. The van der Waals surface area contributed by atoms with Gasteiger partial charge in [-0.1, -0.05) is 23.8 Å². The maximum absolute atomic E-state index is 9.70. The molecule has 1 saturated heterocycles. The van der Waals surface area contributed by atoms with Gasteiger partial charge in [-0.25, -0.2) is 0 Å². The van der Waals surface area contributed by atoms with Gasteiger partial charge >= 0.3 is 0 Å². The Kier molecular flexibility index (Phi) is 6.34. The van der Waals surface area contributed by atoms with Crippen LogP contribution in [0.1, 0.15) is 38.5 Å². The van der Waals surface area contributed by atoms with Crippen molar-refractivity contribution in [2.45, 2.75) is 50.1 Å². The van der Waals surface area contributed by atoms with Crippen molar-refractivity contribution in [1.29, 1.82) is 0 Å². The van der Waals surface area contributed by atoms with Crippen LogP contribution in [0.5, 0.6) is 0 Å². The first-order valence-corrected chi connectivity index (χ1v) is 9.31. The van der Waals surface area contributed by atoms with Crippen molar-refractivity contribution in [3.8, 4) is 0 Å². The summed E-state index contributed by atoms with van der Waals surface area (Å²) >= 11 is 0. The van der Waals surface area contributed by atoms with Crippen LogP contribution in [0.3, 0.4) is 0 Å². The van der Waals surface area contributed by atoms with Crippen molar-refractivity contribution in [2.75, 3.05) is 26.7 Å². The summed E-state index contributed by atoms with van der Waals surface area (Å²) in [6.07, 6.45) is 17.4. The van der Waals surface area contributed by atoms with Gasteiger partial charge in [-0.2, -0.15) is 0 Å². The molecular formula is C20H30N2O3. The quantitative estimate of drug-likeness (QED) is 0.742. The number of likely N-dealkylation sites (N-methyl/N-ethyl adjacent to an activating group) is 1. The molecule has 1 unspecified atom stereocenters. The molecular weight excluding hydrogens is 316 g/mol. The van der Waals surface area contributed by atoms with E-state index < -0.39 is 0 Å². The van der Waals surface area contributed by atoms with E-state index in [0.29, 0.717) is 0 Å². The topological polar surface area (TPSA) is 54.0 Å². The number of nitrogens with zero attached hydrogens (tertiary/aromatic N) is 1. The molecule has 2 heterocycles. The van der Waals surface area contributed by atoms with Crippen molar-refractivity contribution >= 4 is 0 Å². The molecule has 2 N–H and O–H groups in total. The lowest BCUT2D eigenvalue weighted by Gasteiger charge is -2.48. The Labute approximate surface area is 150 Å². The summed E-state index contributed by atoms with van der Waals surface area (Å²) < 4.78 is 11.2. The van der Waals surface area contributed by atoms with E-state index in [2.05, 4.69) is 35.5 Å². The first-order valence-electron chi connectivity index (χ1n) is 9.31. The standard InChI is InChI=1S/C20H30N2O3/c1-22(20(9-12-23)7-10-21-11-8-20)18(19-16-24-13-14-25-19)15-17-5-3-2-4-6-17/h2-3,5,13-14,16,18,21,23H,4,6-12,15H2,1H3. The lowest BCUT2D eigenvalue weighted by Crippen LogP contribution is -2.57. The fraction of sp³-hybridized carbons (Fsp3) is 0.600. The summed E-state index contributed by atoms with van der Waals surface area (Å²) in [5.74, 6) is 0.844. The Bertz CT molecular complexity index is 554. The van der Waals surface area contributed by atoms with Crippen LogP contribution in [0.4, 0.5) is 0 Å². The number of allylic oxidation sites excluding steroid dienone is 3. The lowest BCUT2D eigenvalue weighted by atomic mass is 9.81. The predicted octanol–water partition coefficient (Wildman–Crippen LogP) is 2.82. The number of aliphatic hydroxyl groups is 1. The predicted molar refractivity (Wildman–Crippen MR) is 98.6 cm³/mol. The SMILES string of the molecule is CN(C(CC1=CC=CCC1)C1=COC=CO1)C1(CCO)CCNCC1. The van der Waals surface area contributed by atoms with E-state index in [4.69, 9.17) is 9.47 Å². The summed E-state index contributed by atoms with van der Waals surface area (Å²) in [5, 5.41) is 13.1. The third kappa shape index (κ3) is 4.35. The molecule has 0 aromatic carbocycles. The maximum atomic E-state index is 9.70. The monoisotopic (exact) mass is 346 g/mol. The van der Waals surface area contributed by atoms with E-state index >= 15 is 0 Å². The zero-order valence-corrected chi connectivity index (χ0v) is 15.1. The third-order valence-electron chi connectivity index (χ3n) is 5.73. The highest BCUT2D eigenvalue weighted by Gasteiger charge is 2.40. The molecule has 1 aliphatic carbocycles. The molecule has 0 amide bonds. The van der Waals surface area contributed by atoms with E-state index in [1.807, 2.05) is 0 Å². The van der Waals surface area contributed by atoms with Crippen molar-refractivity contribution in [1.82, 2.24) is 10.2 Å². The Morgan fingerprint density at radius 3 is 2.80 bits per heavy atom. The van der Waals surface area contributed by atoms with Crippen molar-refractivity contribution < 1.29 is 14.6 Å². The lowest BCUT2D eigenvalue weighted by molar-refractivity contribution is 0.0153. The van der Waals surface area contributed by atoms with E-state index in [1.54, 1.807) is 18.8 Å². The van der Waals surface area contributed by atoms with Crippen LogP contribution in [0.2, 0.25) is 0 Å². The van der Waals surface area contributed by atoms with Gasteiger partial charge in [0.15, 0.2) is 5.76 Å². The van der Waals surface area contributed by atoms with Gasteiger partial charge in [-0.05, 0) is 58.7 Å². The largest absolute Gasteiger partial charge is 0.466 e. The number of hydrogen-bond donors (Lipinski definition) is 2. The molecule has 5 nitrogen and oxygen atoms in total. The van der Waals surface area contributed by atoms with Gasteiger partial charge in [0, 0.05) is 12.1 Å². The molecule has 0 spiro atoms. The summed E-state index contributed by atoms with van der Waals surface area (Å²) in [6.45, 7) is 2.18. The molecule has 3 rings (SSSR count). The Hall–Kier alpha value is -1.56. The zero-order chi connectivity index (χ0) is 17.5. The number of hydrogen-bond acceptors (Lipinski definition) is 5. The van der Waals surface area contributed by atoms with E-state index in [-0.39, 0.29) is 18.2 Å². The molecule has 5 heteroatoms. The maximum Gasteiger partial charge on any atom is 0.156 e. The number of aliphatic hydroxyl groups excluding tert-OH is 1. The van der Waals surface area contributed by atoms with Gasteiger partial charge in [0.25, 0.3) is 0 Å². The number of rotatable bonds is 7. The minimum atomic E-state index is -0.0128. The Morgan fingerprint density at radius 1 is 1.32 bits per heavy atom. The Balaban J connectivity index is 1.84. The van der Waals surface area contributed by atoms with E-state index in [9.17, 15) is 5.11 Å². The van der Waals surface area contributed by atoms with Crippen LogP contribution < -0.4 is 5.32 Å². The molecule has 3 aliphatic rings. The van der Waals surface area contributed by atoms with Crippen LogP contribution in [0.25, 0.3) is 0 Å². The smallest absolute Gasteiger partial charge is 0.156 e. The van der Waals surface area contributed by atoms with Gasteiger partial charge < -0.3 is 19.9 Å². The summed E-state index contributed by atoms with van der Waals surface area (Å²) in [4.78, 5) is 2.43. The van der Waals surface area contributed by atoms with Crippen LogP contribution >= 0.6 is 0 Å². The van der Waals surface area contributed by atoms with Crippen LogP contribution in [-0.4, -0.2) is 48.3 Å². The Morgan fingerprint density at radius 2 is 2.16 bits per heavy atom. The molecule has 0 radical (unpaired) electrons. The average Bonchev–Trinajstić information content (AvgIpc) is 2.68. The molecule has 0 aromatic rings. The fourth-order valence-corrected chi connectivity index (χ4v) is 4.14. The minimum absolute atomic E-state index is 0.0128. The molecule has 2 aliphatic heterocycles. The molecule has 0 saturated carbocycles. The molecule has 0 bridgehead atoms. The highest BCUT2D eigenvalue weighted by Crippen LogP contribution is 2.35. The van der Waals surface area contributed by atoms with Crippen molar-refractivity contribution in [3.63, 3.8) is 0 Å². The number of ether oxygens (including phenoxy) is 2.